The summed E-state index contributed by atoms with van der Waals surface area (Å²) < 4.78 is 5.38. The molecule has 0 saturated carbocycles. The van der Waals surface area contributed by atoms with E-state index < -0.39 is 5.41 Å². The van der Waals surface area contributed by atoms with Crippen molar-refractivity contribution in [2.45, 2.75) is 45.4 Å². The number of amides is 2. The van der Waals surface area contributed by atoms with Crippen LogP contribution in [-0.4, -0.2) is 58.4 Å². The number of nitrogens with zero attached hydrogens (tertiary/aromatic N) is 4. The fraction of sp³-hybridized carbons (Fsp3) is 0.600. The molecule has 7 heteroatoms. The third-order valence-corrected chi connectivity index (χ3v) is 6.63. The first-order valence-electron chi connectivity index (χ1n) is 9.83. The molecule has 2 saturated heterocycles. The molecule has 1 spiro atoms. The number of rotatable bonds is 1. The lowest BCUT2D eigenvalue weighted by Gasteiger charge is -2.37. The van der Waals surface area contributed by atoms with Gasteiger partial charge in [0.2, 0.25) is 5.91 Å². The molecule has 5 rings (SSSR count). The quantitative estimate of drug-likeness (QED) is 0.770. The van der Waals surface area contributed by atoms with E-state index in [-0.39, 0.29) is 11.8 Å². The molecule has 1 aliphatic carbocycles. The number of aryl methyl sites for hydroxylation is 2. The highest BCUT2D eigenvalue weighted by Gasteiger charge is 2.49. The highest BCUT2D eigenvalue weighted by Crippen LogP contribution is 2.41. The maximum absolute atomic E-state index is 13.6. The summed E-state index contributed by atoms with van der Waals surface area (Å²) in [5.41, 5.74) is 3.48. The molecule has 0 radical (unpaired) electrons. The van der Waals surface area contributed by atoms with E-state index in [1.165, 1.54) is 0 Å². The van der Waals surface area contributed by atoms with Gasteiger partial charge >= 0.3 is 0 Å². The van der Waals surface area contributed by atoms with Crippen LogP contribution in [0.4, 0.5) is 0 Å². The van der Waals surface area contributed by atoms with Gasteiger partial charge in [-0.25, -0.2) is 4.98 Å². The number of hydrogen-bond donors (Lipinski definition) is 0. The lowest BCUT2D eigenvalue weighted by atomic mass is 9.78. The van der Waals surface area contributed by atoms with Crippen molar-refractivity contribution in [3.63, 3.8) is 0 Å². The number of fused-ring (bicyclic) bond motifs is 2. The summed E-state index contributed by atoms with van der Waals surface area (Å²) in [5, 5.41) is 4.79. The summed E-state index contributed by atoms with van der Waals surface area (Å²) in [6.07, 6.45) is 5.37. The van der Waals surface area contributed by atoms with Crippen LogP contribution in [0.15, 0.2) is 4.52 Å². The monoisotopic (exact) mass is 368 g/mol. The normalized spacial score (nSPS) is 25.0. The molecule has 2 aliphatic heterocycles. The van der Waals surface area contributed by atoms with E-state index in [0.717, 1.165) is 61.7 Å². The van der Waals surface area contributed by atoms with Gasteiger partial charge in [0.05, 0.1) is 22.1 Å². The number of piperidine rings is 1. The minimum atomic E-state index is -0.401. The first-order chi connectivity index (χ1) is 13.0. The van der Waals surface area contributed by atoms with Crippen LogP contribution in [0.25, 0.3) is 11.1 Å². The van der Waals surface area contributed by atoms with Gasteiger partial charge in [-0.05, 0) is 51.0 Å². The van der Waals surface area contributed by atoms with Gasteiger partial charge in [0, 0.05) is 32.4 Å². The minimum Gasteiger partial charge on any atom is -0.345 e. The van der Waals surface area contributed by atoms with Crippen molar-refractivity contribution in [1.29, 1.82) is 0 Å². The number of carbonyl (C=O) groups excluding carboxylic acids is 2. The smallest absolute Gasteiger partial charge is 0.259 e. The summed E-state index contributed by atoms with van der Waals surface area (Å²) in [5.74, 6) is 0.195. The lowest BCUT2D eigenvalue weighted by molar-refractivity contribution is -0.143. The molecule has 4 heterocycles. The van der Waals surface area contributed by atoms with E-state index in [2.05, 4.69) is 10.1 Å². The average Bonchev–Trinajstić information content (AvgIpc) is 3.37. The molecule has 7 nitrogen and oxygen atoms in total. The van der Waals surface area contributed by atoms with Crippen molar-refractivity contribution >= 4 is 22.9 Å². The zero-order chi connectivity index (χ0) is 18.8. The first-order valence-corrected chi connectivity index (χ1v) is 9.83. The van der Waals surface area contributed by atoms with Crippen molar-refractivity contribution in [3.05, 3.63) is 22.5 Å². The largest absolute Gasteiger partial charge is 0.345 e. The topological polar surface area (TPSA) is 79.5 Å². The van der Waals surface area contributed by atoms with Crippen LogP contribution in [0.1, 0.15) is 53.0 Å². The van der Waals surface area contributed by atoms with Crippen LogP contribution in [0.2, 0.25) is 0 Å². The van der Waals surface area contributed by atoms with Crippen LogP contribution in [0.3, 0.4) is 0 Å². The number of pyridine rings is 1. The highest BCUT2D eigenvalue weighted by molar-refractivity contribution is 6.08. The summed E-state index contributed by atoms with van der Waals surface area (Å²) in [6.45, 7) is 3.81. The summed E-state index contributed by atoms with van der Waals surface area (Å²) >= 11 is 0. The van der Waals surface area contributed by atoms with Gasteiger partial charge < -0.3 is 14.3 Å². The van der Waals surface area contributed by atoms with E-state index >= 15 is 0 Å². The second kappa shape index (κ2) is 5.78. The molecule has 27 heavy (non-hydrogen) atoms. The third kappa shape index (κ3) is 2.33. The second-order valence-electron chi connectivity index (χ2n) is 8.30. The van der Waals surface area contributed by atoms with E-state index in [0.29, 0.717) is 30.1 Å². The van der Waals surface area contributed by atoms with E-state index in [1.54, 1.807) is 0 Å². The first kappa shape index (κ1) is 16.7. The van der Waals surface area contributed by atoms with E-state index in [4.69, 9.17) is 4.52 Å². The fourth-order valence-electron chi connectivity index (χ4n) is 5.20. The van der Waals surface area contributed by atoms with Crippen molar-refractivity contribution in [1.82, 2.24) is 19.9 Å². The Hall–Kier alpha value is -2.44. The van der Waals surface area contributed by atoms with Crippen molar-refractivity contribution in [2.75, 3.05) is 26.7 Å². The highest BCUT2D eigenvalue weighted by atomic mass is 16.5. The lowest BCUT2D eigenvalue weighted by Crippen LogP contribution is -2.48. The Kier molecular flexibility index (Phi) is 3.58. The van der Waals surface area contributed by atoms with Gasteiger partial charge in [-0.3, -0.25) is 9.59 Å². The summed E-state index contributed by atoms with van der Waals surface area (Å²) in [7, 11) is 1.87. The molecule has 0 aromatic carbocycles. The molecule has 0 bridgehead atoms. The van der Waals surface area contributed by atoms with Crippen molar-refractivity contribution in [3.8, 4) is 0 Å². The summed E-state index contributed by atoms with van der Waals surface area (Å²) in [4.78, 5) is 34.7. The van der Waals surface area contributed by atoms with Gasteiger partial charge in [-0.15, -0.1) is 0 Å². The second-order valence-corrected chi connectivity index (χ2v) is 8.30. The maximum atomic E-state index is 13.6. The van der Waals surface area contributed by atoms with E-state index in [9.17, 15) is 9.59 Å². The van der Waals surface area contributed by atoms with Crippen LogP contribution < -0.4 is 0 Å². The Balaban J connectivity index is 1.54. The van der Waals surface area contributed by atoms with Gasteiger partial charge in [-0.2, -0.15) is 0 Å². The average molecular weight is 368 g/mol. The van der Waals surface area contributed by atoms with Crippen LogP contribution in [0, 0.1) is 12.3 Å². The maximum Gasteiger partial charge on any atom is 0.259 e. The molecule has 142 valence electrons. The van der Waals surface area contributed by atoms with Crippen molar-refractivity contribution in [2.24, 2.45) is 5.41 Å². The predicted octanol–water partition coefficient (Wildman–Crippen LogP) is 2.10. The van der Waals surface area contributed by atoms with Crippen LogP contribution >= 0.6 is 0 Å². The van der Waals surface area contributed by atoms with Gasteiger partial charge in [0.25, 0.3) is 11.6 Å². The molecular formula is C20H24N4O3. The van der Waals surface area contributed by atoms with Gasteiger partial charge in [-0.1, -0.05) is 5.16 Å². The minimum absolute atomic E-state index is 0.00440. The molecule has 0 unspecified atom stereocenters. The number of aromatic nitrogens is 2. The molecule has 1 atom stereocenters. The van der Waals surface area contributed by atoms with Gasteiger partial charge in [0.15, 0.2) is 0 Å². The molecule has 3 aliphatic rings. The van der Waals surface area contributed by atoms with Crippen LogP contribution in [-0.2, 0) is 17.6 Å². The zero-order valence-electron chi connectivity index (χ0n) is 15.9. The SMILES string of the molecule is Cc1noc2nc3c(c(C(=O)N4CC[C@]5(CCCN(C)C5=O)C4)c12)CCC3. The molecular weight excluding hydrogens is 344 g/mol. The molecule has 2 aromatic rings. The zero-order valence-corrected chi connectivity index (χ0v) is 15.9. The Morgan fingerprint density at radius 1 is 1.19 bits per heavy atom. The molecule has 2 fully saturated rings. The Bertz CT molecular complexity index is 966. The molecule has 2 aromatic heterocycles. The number of likely N-dealkylation sites (tertiary alicyclic amines) is 2. The van der Waals surface area contributed by atoms with E-state index in [1.807, 2.05) is 23.8 Å². The predicted molar refractivity (Wildman–Crippen MR) is 98.4 cm³/mol. The Morgan fingerprint density at radius 3 is 2.89 bits per heavy atom. The Morgan fingerprint density at radius 2 is 2.04 bits per heavy atom. The standard InChI is InChI=1S/C20H24N4O3/c1-12-15-16(13-5-3-6-14(13)21-17(15)27-22-12)18(25)24-10-8-20(11-24)7-4-9-23(2)19(20)26/h3-11H2,1-2H3/t20-/m1/s1. The Labute approximate surface area is 157 Å². The molecule has 0 N–H and O–H groups in total. The third-order valence-electron chi connectivity index (χ3n) is 6.63. The fourth-order valence-corrected chi connectivity index (χ4v) is 5.20. The summed E-state index contributed by atoms with van der Waals surface area (Å²) in [6, 6.07) is 0. The van der Waals surface area contributed by atoms with Gasteiger partial charge in [0.1, 0.15) is 0 Å². The number of hydrogen-bond acceptors (Lipinski definition) is 5. The van der Waals surface area contributed by atoms with Crippen LogP contribution in [0.5, 0.6) is 0 Å². The number of carbonyl (C=O) groups is 2. The molecule has 2 amide bonds. The van der Waals surface area contributed by atoms with Crippen molar-refractivity contribution < 1.29 is 14.1 Å².